The fourth-order valence-electron chi connectivity index (χ4n) is 5.70. The van der Waals surface area contributed by atoms with E-state index in [1.807, 2.05) is 38.1 Å². The number of carbonyl (C=O) groups excluding carboxylic acids is 2. The van der Waals surface area contributed by atoms with E-state index in [1.165, 1.54) is 17.0 Å². The summed E-state index contributed by atoms with van der Waals surface area (Å²) >= 11 is 6.14. The average molecular weight is 507 g/mol. The predicted molar refractivity (Wildman–Crippen MR) is 133 cm³/mol. The molecule has 0 bridgehead atoms. The van der Waals surface area contributed by atoms with Crippen molar-refractivity contribution in [1.29, 1.82) is 0 Å². The molecule has 2 aromatic carbocycles. The first-order chi connectivity index (χ1) is 17.2. The molecule has 7 nitrogen and oxygen atoms in total. The summed E-state index contributed by atoms with van der Waals surface area (Å²) in [5, 5.41) is 3.53. The monoisotopic (exact) mass is 506 g/mol. The molecular weight excluding hydrogens is 483 g/mol. The molecular formula is C27H24ClFN4O3. The van der Waals surface area contributed by atoms with E-state index in [9.17, 15) is 14.0 Å². The third-order valence-corrected chi connectivity index (χ3v) is 7.84. The van der Waals surface area contributed by atoms with Crippen LogP contribution in [0.1, 0.15) is 37.1 Å². The van der Waals surface area contributed by atoms with Gasteiger partial charge < -0.3 is 10.1 Å². The Morgan fingerprint density at radius 1 is 1.11 bits per heavy atom. The molecule has 1 saturated heterocycles. The van der Waals surface area contributed by atoms with Gasteiger partial charge in [0.05, 0.1) is 22.9 Å². The normalized spacial score (nSPS) is 30.8. The number of methoxy groups -OCH3 is 1. The second-order valence-electron chi connectivity index (χ2n) is 9.81. The molecule has 36 heavy (non-hydrogen) atoms. The topological polar surface area (TPSA) is 74.2 Å². The van der Waals surface area contributed by atoms with E-state index < -0.39 is 28.9 Å². The summed E-state index contributed by atoms with van der Waals surface area (Å²) in [7, 11) is 1.56. The first kappa shape index (κ1) is 22.9. The molecule has 0 saturated carbocycles. The number of nitrogens with zero attached hydrogens (tertiary/aromatic N) is 3. The lowest BCUT2D eigenvalue weighted by Gasteiger charge is -2.53. The highest BCUT2D eigenvalue weighted by atomic mass is 35.5. The van der Waals surface area contributed by atoms with Gasteiger partial charge in [0.2, 0.25) is 5.91 Å². The second kappa shape index (κ2) is 7.75. The Balaban J connectivity index is 1.59. The molecule has 9 heteroatoms. The van der Waals surface area contributed by atoms with Gasteiger partial charge in [0.25, 0.3) is 0 Å². The van der Waals surface area contributed by atoms with E-state index in [4.69, 9.17) is 21.3 Å². The quantitative estimate of drug-likeness (QED) is 0.611. The SMILES string of the molecule is COC1(C)C=CC2(C)C3=NC(c4ccc(Cl)cc4)C(c4cccc(F)c4)N3C(=O)N3CC(=O)NC1=C32. The molecule has 0 radical (unpaired) electrons. The lowest BCUT2D eigenvalue weighted by molar-refractivity contribution is -0.122. The fraction of sp³-hybridized carbons (Fsp3) is 0.296. The molecule has 1 N–H and O–H groups in total. The zero-order valence-electron chi connectivity index (χ0n) is 20.0. The predicted octanol–water partition coefficient (Wildman–Crippen LogP) is 4.73. The molecule has 3 aliphatic heterocycles. The van der Waals surface area contributed by atoms with Crippen LogP contribution in [0.4, 0.5) is 9.18 Å². The van der Waals surface area contributed by atoms with E-state index in [2.05, 4.69) is 5.32 Å². The van der Waals surface area contributed by atoms with Gasteiger partial charge >= 0.3 is 6.03 Å². The number of hydrogen-bond acceptors (Lipinski definition) is 4. The van der Waals surface area contributed by atoms with Crippen LogP contribution in [0.15, 0.2) is 77.1 Å². The Bertz CT molecular complexity index is 1400. The van der Waals surface area contributed by atoms with Crippen LogP contribution in [0.3, 0.4) is 0 Å². The summed E-state index contributed by atoms with van der Waals surface area (Å²) in [6.07, 6.45) is 3.86. The van der Waals surface area contributed by atoms with Crippen LogP contribution in [0, 0.1) is 11.2 Å². The van der Waals surface area contributed by atoms with Crippen LogP contribution in [0.25, 0.3) is 0 Å². The number of aliphatic imine (C=N–C) groups is 1. The van der Waals surface area contributed by atoms with Crippen molar-refractivity contribution in [2.45, 2.75) is 31.5 Å². The standard InChI is InChI=1S/C27H24ClFN4O3/c1-26-11-12-27(2,36-3)22-23(26)32(14-19(34)30-22)25(35)33-21(16-5-4-6-18(29)13-16)20(31-24(26)33)15-7-9-17(28)10-8-15/h4-13,20-21H,14H2,1-3H3,(H,30,34). The smallest absolute Gasteiger partial charge is 0.330 e. The molecule has 0 spiro atoms. The summed E-state index contributed by atoms with van der Waals surface area (Å²) in [5.41, 5.74) is 0.878. The number of amides is 3. The number of nitrogens with one attached hydrogen (secondary N) is 1. The van der Waals surface area contributed by atoms with Gasteiger partial charge in [-0.15, -0.1) is 0 Å². The maximum Gasteiger partial charge on any atom is 0.330 e. The van der Waals surface area contributed by atoms with Crippen LogP contribution >= 0.6 is 11.6 Å². The van der Waals surface area contributed by atoms with Crippen molar-refractivity contribution < 1.29 is 18.7 Å². The van der Waals surface area contributed by atoms with Crippen molar-refractivity contribution >= 4 is 29.4 Å². The van der Waals surface area contributed by atoms with Crippen molar-refractivity contribution in [1.82, 2.24) is 15.1 Å². The molecule has 3 amide bonds. The summed E-state index contributed by atoms with van der Waals surface area (Å²) in [6.45, 7) is 3.68. The first-order valence-corrected chi connectivity index (χ1v) is 12.0. The molecule has 1 fully saturated rings. The van der Waals surface area contributed by atoms with E-state index in [0.717, 1.165) is 5.56 Å². The van der Waals surface area contributed by atoms with Crippen molar-refractivity contribution in [2.75, 3.05) is 13.7 Å². The number of urea groups is 1. The maximum atomic E-state index is 14.4. The lowest BCUT2D eigenvalue weighted by atomic mass is 9.72. The third-order valence-electron chi connectivity index (χ3n) is 7.59. The Kier molecular flexibility index (Phi) is 4.94. The number of benzene rings is 2. The van der Waals surface area contributed by atoms with Crippen LogP contribution in [-0.2, 0) is 9.53 Å². The fourth-order valence-corrected chi connectivity index (χ4v) is 5.82. The zero-order chi connectivity index (χ0) is 25.4. The van der Waals surface area contributed by atoms with E-state index in [-0.39, 0.29) is 18.5 Å². The van der Waals surface area contributed by atoms with Gasteiger partial charge in [0.15, 0.2) is 0 Å². The summed E-state index contributed by atoms with van der Waals surface area (Å²) in [5.74, 6) is -0.171. The molecule has 2 aromatic rings. The average Bonchev–Trinajstić information content (AvgIpc) is 3.27. The van der Waals surface area contributed by atoms with Gasteiger partial charge in [0.1, 0.15) is 29.8 Å². The van der Waals surface area contributed by atoms with Crippen molar-refractivity contribution in [3.8, 4) is 0 Å². The second-order valence-corrected chi connectivity index (χ2v) is 10.2. The minimum Gasteiger partial charge on any atom is -0.368 e. The van der Waals surface area contributed by atoms with Gasteiger partial charge in [-0.1, -0.05) is 41.9 Å². The van der Waals surface area contributed by atoms with Gasteiger partial charge in [0, 0.05) is 12.1 Å². The molecule has 4 unspecified atom stereocenters. The Hall–Kier alpha value is -3.49. The number of hydrogen-bond donors (Lipinski definition) is 1. The van der Waals surface area contributed by atoms with Crippen LogP contribution in [0.2, 0.25) is 5.02 Å². The number of amidine groups is 1. The largest absolute Gasteiger partial charge is 0.368 e. The molecule has 1 aliphatic carbocycles. The van der Waals surface area contributed by atoms with Crippen LogP contribution < -0.4 is 5.32 Å². The summed E-state index contributed by atoms with van der Waals surface area (Å²) < 4.78 is 20.1. The van der Waals surface area contributed by atoms with Crippen molar-refractivity contribution in [3.05, 3.63) is 94.0 Å². The van der Waals surface area contributed by atoms with Crippen LogP contribution in [-0.4, -0.2) is 46.8 Å². The van der Waals surface area contributed by atoms with Crippen molar-refractivity contribution in [2.24, 2.45) is 10.4 Å². The molecule has 4 atom stereocenters. The molecule has 184 valence electrons. The Morgan fingerprint density at radius 3 is 2.56 bits per heavy atom. The minimum atomic E-state index is -0.914. The first-order valence-electron chi connectivity index (χ1n) is 11.7. The molecule has 0 aromatic heterocycles. The summed E-state index contributed by atoms with van der Waals surface area (Å²) in [6, 6.07) is 12.0. The van der Waals surface area contributed by atoms with Crippen molar-refractivity contribution in [3.63, 3.8) is 0 Å². The van der Waals surface area contributed by atoms with E-state index in [1.54, 1.807) is 36.3 Å². The van der Waals surface area contributed by atoms with Gasteiger partial charge in [-0.05, 0) is 55.3 Å². The van der Waals surface area contributed by atoms with Gasteiger partial charge in [-0.25, -0.2) is 9.18 Å². The number of halogens is 2. The van der Waals surface area contributed by atoms with E-state index in [0.29, 0.717) is 27.8 Å². The Morgan fingerprint density at radius 2 is 1.86 bits per heavy atom. The van der Waals surface area contributed by atoms with Crippen LogP contribution in [0.5, 0.6) is 0 Å². The highest BCUT2D eigenvalue weighted by molar-refractivity contribution is 6.30. The minimum absolute atomic E-state index is 0.133. The highest BCUT2D eigenvalue weighted by Gasteiger charge is 2.60. The molecule has 3 heterocycles. The van der Waals surface area contributed by atoms with Gasteiger partial charge in [-0.3, -0.25) is 19.6 Å². The number of carbonyl (C=O) groups is 2. The number of rotatable bonds is 3. The highest BCUT2D eigenvalue weighted by Crippen LogP contribution is 2.55. The number of fused-ring (bicyclic) bond motifs is 2. The summed E-state index contributed by atoms with van der Waals surface area (Å²) in [4.78, 5) is 35.1. The third kappa shape index (κ3) is 3.10. The van der Waals surface area contributed by atoms with E-state index >= 15 is 0 Å². The number of ether oxygens (including phenoxy) is 1. The molecule has 4 aliphatic rings. The zero-order valence-corrected chi connectivity index (χ0v) is 20.7. The lowest BCUT2D eigenvalue weighted by Crippen LogP contribution is -2.65. The maximum absolute atomic E-state index is 14.4. The molecule has 6 rings (SSSR count). The Labute approximate surface area is 212 Å². The van der Waals surface area contributed by atoms with Gasteiger partial charge in [-0.2, -0.15) is 0 Å².